The highest BCUT2D eigenvalue weighted by Gasteiger charge is 2.32. The van der Waals surface area contributed by atoms with E-state index < -0.39 is 17.3 Å². The first-order chi connectivity index (χ1) is 12.6. The largest absolute Gasteiger partial charge is 0.417 e. The molecule has 0 spiro atoms. The highest BCUT2D eigenvalue weighted by Crippen LogP contribution is 2.30. The van der Waals surface area contributed by atoms with Gasteiger partial charge in [0.1, 0.15) is 5.02 Å². The lowest BCUT2D eigenvalue weighted by atomic mass is 10.1. The van der Waals surface area contributed by atoms with Crippen LogP contribution in [0.15, 0.2) is 29.3 Å². The summed E-state index contributed by atoms with van der Waals surface area (Å²) in [6.45, 7) is 6.34. The van der Waals surface area contributed by atoms with Gasteiger partial charge in [0.15, 0.2) is 5.82 Å². The monoisotopic (exact) mass is 402 g/mol. The highest BCUT2D eigenvalue weighted by atomic mass is 35.5. The Kier molecular flexibility index (Phi) is 5.18. The van der Waals surface area contributed by atoms with Crippen LogP contribution in [0.2, 0.25) is 5.02 Å². The van der Waals surface area contributed by atoms with Crippen LogP contribution in [0.1, 0.15) is 26.3 Å². The van der Waals surface area contributed by atoms with Crippen LogP contribution in [0.25, 0.3) is 5.82 Å². The molecule has 27 heavy (non-hydrogen) atoms. The van der Waals surface area contributed by atoms with E-state index in [9.17, 15) is 18.0 Å². The van der Waals surface area contributed by atoms with Crippen molar-refractivity contribution in [1.82, 2.24) is 14.8 Å². The van der Waals surface area contributed by atoms with Crippen LogP contribution < -0.4 is 10.5 Å². The van der Waals surface area contributed by atoms with Crippen LogP contribution in [0.4, 0.5) is 18.9 Å². The van der Waals surface area contributed by atoms with Crippen LogP contribution in [0, 0.1) is 0 Å². The molecule has 2 aromatic heterocycles. The number of aromatic nitrogens is 3. The number of pyridine rings is 1. The zero-order valence-electron chi connectivity index (χ0n) is 14.9. The van der Waals surface area contributed by atoms with Gasteiger partial charge in [0.2, 0.25) is 0 Å². The summed E-state index contributed by atoms with van der Waals surface area (Å²) in [5, 5.41) is 3.98. The summed E-state index contributed by atoms with van der Waals surface area (Å²) in [5.41, 5.74) is -1.10. The van der Waals surface area contributed by atoms with E-state index in [0.29, 0.717) is 18.4 Å². The number of nitrogens with zero attached hydrogens (tertiary/aromatic N) is 4. The van der Waals surface area contributed by atoms with E-state index in [1.807, 2.05) is 25.7 Å². The van der Waals surface area contributed by atoms with Crippen LogP contribution in [-0.4, -0.2) is 39.6 Å². The fraction of sp³-hybridized carbons (Fsp3) is 0.471. The SMILES string of the molecule is C[C@@H]1CN(c2cnn(-c3ccc(C(F)(F)F)cn3)c(=O)c2Cl)[C@H](C)[C@@H](C)O1. The van der Waals surface area contributed by atoms with Crippen molar-refractivity contribution in [2.24, 2.45) is 0 Å². The quantitative estimate of drug-likeness (QED) is 0.771. The Morgan fingerprint density at radius 2 is 1.93 bits per heavy atom. The van der Waals surface area contributed by atoms with Crippen LogP contribution in [0.5, 0.6) is 0 Å². The molecule has 0 aromatic carbocycles. The molecule has 0 N–H and O–H groups in total. The molecule has 1 fully saturated rings. The van der Waals surface area contributed by atoms with Gasteiger partial charge >= 0.3 is 6.18 Å². The Balaban J connectivity index is 1.97. The molecule has 0 radical (unpaired) electrons. The topological polar surface area (TPSA) is 60.2 Å². The van der Waals surface area contributed by atoms with Crippen LogP contribution >= 0.6 is 11.6 Å². The van der Waals surface area contributed by atoms with Crippen LogP contribution in [-0.2, 0) is 10.9 Å². The third-order valence-electron chi connectivity index (χ3n) is 4.57. The van der Waals surface area contributed by atoms with E-state index in [1.165, 1.54) is 6.20 Å². The zero-order chi connectivity index (χ0) is 19.9. The summed E-state index contributed by atoms with van der Waals surface area (Å²) in [4.78, 5) is 18.3. The standard InChI is InChI=1S/C17H18ClF3N4O2/c1-9-8-24(10(2)11(3)27-9)13-7-23-25(16(26)15(13)18)14-5-4-12(6-22-14)17(19,20)21/h4-7,9-11H,8H2,1-3H3/t9-,10-,11-/m1/s1. The van der Waals surface area contributed by atoms with Gasteiger partial charge < -0.3 is 9.64 Å². The number of anilines is 1. The first-order valence-electron chi connectivity index (χ1n) is 8.33. The second-order valence-corrected chi connectivity index (χ2v) is 6.89. The minimum atomic E-state index is -4.51. The van der Waals surface area contributed by atoms with Crippen molar-refractivity contribution in [2.75, 3.05) is 11.4 Å². The van der Waals surface area contributed by atoms with Gasteiger partial charge in [0.05, 0.1) is 35.7 Å². The molecule has 3 rings (SSSR count). The van der Waals surface area contributed by atoms with Gasteiger partial charge in [-0.3, -0.25) is 4.79 Å². The molecular weight excluding hydrogens is 385 g/mol. The molecule has 0 bridgehead atoms. The van der Waals surface area contributed by atoms with Crippen molar-refractivity contribution in [3.05, 3.63) is 45.5 Å². The molecule has 3 heterocycles. The van der Waals surface area contributed by atoms with E-state index in [2.05, 4.69) is 10.1 Å². The summed E-state index contributed by atoms with van der Waals surface area (Å²) < 4.78 is 44.6. The molecule has 0 aliphatic carbocycles. The molecule has 146 valence electrons. The molecule has 6 nitrogen and oxygen atoms in total. The van der Waals surface area contributed by atoms with Gasteiger partial charge in [0, 0.05) is 12.7 Å². The molecule has 0 saturated carbocycles. The maximum atomic E-state index is 12.7. The summed E-state index contributed by atoms with van der Waals surface area (Å²) in [6.07, 6.45) is -2.55. The van der Waals surface area contributed by atoms with Gasteiger partial charge in [-0.25, -0.2) is 4.98 Å². The number of alkyl halides is 3. The van der Waals surface area contributed by atoms with Crippen molar-refractivity contribution in [3.8, 4) is 5.82 Å². The summed E-state index contributed by atoms with van der Waals surface area (Å²) in [5.74, 6) is -0.0433. The predicted octanol–water partition coefficient (Wildman–Crippen LogP) is 3.30. The molecule has 2 aromatic rings. The van der Waals surface area contributed by atoms with Crippen molar-refractivity contribution < 1.29 is 17.9 Å². The van der Waals surface area contributed by atoms with Gasteiger partial charge in [-0.1, -0.05) is 11.6 Å². The normalized spacial score (nSPS) is 23.5. The van der Waals surface area contributed by atoms with E-state index >= 15 is 0 Å². The number of halogens is 4. The average Bonchev–Trinajstić information content (AvgIpc) is 2.60. The number of hydrogen-bond acceptors (Lipinski definition) is 5. The number of hydrogen-bond donors (Lipinski definition) is 0. The second-order valence-electron chi connectivity index (χ2n) is 6.51. The smallest absolute Gasteiger partial charge is 0.372 e. The fourth-order valence-corrected chi connectivity index (χ4v) is 3.24. The van der Waals surface area contributed by atoms with E-state index in [0.717, 1.165) is 16.8 Å². The van der Waals surface area contributed by atoms with E-state index in [1.54, 1.807) is 0 Å². The molecule has 1 aliphatic rings. The van der Waals surface area contributed by atoms with Gasteiger partial charge in [-0.05, 0) is 32.9 Å². The Morgan fingerprint density at radius 1 is 1.22 bits per heavy atom. The molecule has 3 atom stereocenters. The lowest BCUT2D eigenvalue weighted by molar-refractivity contribution is -0.137. The zero-order valence-corrected chi connectivity index (χ0v) is 15.6. The number of morpholine rings is 1. The van der Waals surface area contributed by atoms with E-state index in [-0.39, 0.29) is 29.1 Å². The Bertz CT molecular complexity index is 885. The van der Waals surface area contributed by atoms with Gasteiger partial charge in [0.25, 0.3) is 5.56 Å². The summed E-state index contributed by atoms with van der Waals surface area (Å²) >= 11 is 6.28. The molecule has 10 heteroatoms. The number of rotatable bonds is 2. The highest BCUT2D eigenvalue weighted by molar-refractivity contribution is 6.33. The third kappa shape index (κ3) is 3.79. The van der Waals surface area contributed by atoms with Crippen molar-refractivity contribution >= 4 is 17.3 Å². The first kappa shape index (κ1) is 19.6. The van der Waals surface area contributed by atoms with E-state index in [4.69, 9.17) is 16.3 Å². The Labute approximate surface area is 158 Å². The lowest BCUT2D eigenvalue weighted by Crippen LogP contribution is -2.52. The average molecular weight is 403 g/mol. The number of ether oxygens (including phenoxy) is 1. The van der Waals surface area contributed by atoms with Crippen molar-refractivity contribution in [3.63, 3.8) is 0 Å². The Hall–Kier alpha value is -2.13. The molecule has 0 amide bonds. The summed E-state index contributed by atoms with van der Waals surface area (Å²) in [7, 11) is 0. The summed E-state index contributed by atoms with van der Waals surface area (Å²) in [6, 6.07) is 1.89. The maximum absolute atomic E-state index is 12.7. The minimum absolute atomic E-state index is 0.0278. The molecule has 1 saturated heterocycles. The van der Waals surface area contributed by atoms with Gasteiger partial charge in [-0.2, -0.15) is 23.0 Å². The third-order valence-corrected chi connectivity index (χ3v) is 4.93. The van der Waals surface area contributed by atoms with Crippen molar-refractivity contribution in [2.45, 2.75) is 45.2 Å². The first-order valence-corrected chi connectivity index (χ1v) is 8.71. The second kappa shape index (κ2) is 7.12. The Morgan fingerprint density at radius 3 is 2.52 bits per heavy atom. The molecule has 0 unspecified atom stereocenters. The van der Waals surface area contributed by atoms with Crippen molar-refractivity contribution in [1.29, 1.82) is 0 Å². The molecular formula is C17H18ClF3N4O2. The minimum Gasteiger partial charge on any atom is -0.372 e. The van der Waals surface area contributed by atoms with Gasteiger partial charge in [-0.15, -0.1) is 0 Å². The maximum Gasteiger partial charge on any atom is 0.417 e. The predicted molar refractivity (Wildman–Crippen MR) is 94.5 cm³/mol. The van der Waals surface area contributed by atoms with Crippen LogP contribution in [0.3, 0.4) is 0 Å². The fourth-order valence-electron chi connectivity index (χ4n) is 3.00. The lowest BCUT2D eigenvalue weighted by Gasteiger charge is -2.42. The molecule has 1 aliphatic heterocycles.